The highest BCUT2D eigenvalue weighted by atomic mass is 32.1. The molecule has 2 heterocycles. The normalized spacial score (nSPS) is 18.2. The number of likely N-dealkylation sites (tertiary alicyclic amines) is 1. The molecule has 114 valence electrons. The second kappa shape index (κ2) is 8.16. The van der Waals surface area contributed by atoms with Gasteiger partial charge in [0.25, 0.3) is 0 Å². The molecule has 2 rings (SSSR count). The first-order chi connectivity index (χ1) is 9.65. The maximum atomic E-state index is 3.52. The monoisotopic (exact) mass is 294 g/mol. The number of nitrogens with one attached hydrogen (secondary N) is 1. The number of thiophene rings is 1. The van der Waals surface area contributed by atoms with Crippen LogP contribution in [0.15, 0.2) is 6.07 Å². The van der Waals surface area contributed by atoms with Crippen LogP contribution in [0.3, 0.4) is 0 Å². The van der Waals surface area contributed by atoms with Gasteiger partial charge in [-0.1, -0.05) is 33.1 Å². The number of nitrogens with zero attached hydrogens (tertiary/aromatic N) is 1. The van der Waals surface area contributed by atoms with Gasteiger partial charge in [0.05, 0.1) is 0 Å². The smallest absolute Gasteiger partial charge is 0.0302 e. The van der Waals surface area contributed by atoms with Crippen LogP contribution in [0.1, 0.15) is 61.3 Å². The third kappa shape index (κ3) is 5.19. The number of hydrogen-bond donors (Lipinski definition) is 1. The van der Waals surface area contributed by atoms with E-state index in [-0.39, 0.29) is 0 Å². The molecule has 0 spiro atoms. The van der Waals surface area contributed by atoms with Gasteiger partial charge in [-0.05, 0) is 44.5 Å². The van der Waals surface area contributed by atoms with Gasteiger partial charge in [-0.2, -0.15) is 0 Å². The van der Waals surface area contributed by atoms with Crippen molar-refractivity contribution >= 4 is 11.3 Å². The Balaban J connectivity index is 1.90. The molecule has 1 saturated heterocycles. The van der Waals surface area contributed by atoms with Gasteiger partial charge in [0, 0.05) is 28.9 Å². The highest BCUT2D eigenvalue weighted by Crippen LogP contribution is 2.24. The minimum absolute atomic E-state index is 0.565. The van der Waals surface area contributed by atoms with Gasteiger partial charge in [0.2, 0.25) is 0 Å². The van der Waals surface area contributed by atoms with Gasteiger partial charge in [0.15, 0.2) is 0 Å². The van der Waals surface area contributed by atoms with Crippen molar-refractivity contribution in [2.45, 2.75) is 72.0 Å². The fourth-order valence-corrected chi connectivity index (χ4v) is 3.85. The van der Waals surface area contributed by atoms with Crippen molar-refractivity contribution in [1.82, 2.24) is 10.2 Å². The molecule has 20 heavy (non-hydrogen) atoms. The molecular formula is C17H30N2S. The van der Waals surface area contributed by atoms with E-state index < -0.39 is 0 Å². The Labute approximate surface area is 128 Å². The summed E-state index contributed by atoms with van der Waals surface area (Å²) < 4.78 is 0. The summed E-state index contributed by atoms with van der Waals surface area (Å²) in [5.41, 5.74) is 1.55. The molecule has 0 atom stereocenters. The van der Waals surface area contributed by atoms with Crippen molar-refractivity contribution in [3.63, 3.8) is 0 Å². The fourth-order valence-electron chi connectivity index (χ4n) is 2.85. The standard InChI is InChI=1S/C17H30N2S/c1-14(2)18-12-17-11-16(15(3)20-17)13-19-9-7-5-4-6-8-10-19/h11,14,18H,4-10,12-13H2,1-3H3. The van der Waals surface area contributed by atoms with Crippen LogP contribution in [-0.4, -0.2) is 24.0 Å². The average molecular weight is 295 g/mol. The SMILES string of the molecule is Cc1sc(CNC(C)C)cc1CN1CCCCCCC1. The van der Waals surface area contributed by atoms with Gasteiger partial charge in [0.1, 0.15) is 0 Å². The van der Waals surface area contributed by atoms with Gasteiger partial charge in [-0.15, -0.1) is 11.3 Å². The van der Waals surface area contributed by atoms with Crippen molar-refractivity contribution in [3.05, 3.63) is 21.4 Å². The van der Waals surface area contributed by atoms with E-state index >= 15 is 0 Å². The molecule has 1 aromatic heterocycles. The molecule has 2 nitrogen and oxygen atoms in total. The molecule has 1 aromatic rings. The Hall–Kier alpha value is -0.380. The zero-order valence-electron chi connectivity index (χ0n) is 13.4. The van der Waals surface area contributed by atoms with Crippen molar-refractivity contribution in [3.8, 4) is 0 Å². The molecule has 3 heteroatoms. The first-order valence-electron chi connectivity index (χ1n) is 8.19. The predicted molar refractivity (Wildman–Crippen MR) is 89.4 cm³/mol. The molecule has 1 aliphatic heterocycles. The topological polar surface area (TPSA) is 15.3 Å². The van der Waals surface area contributed by atoms with E-state index in [1.54, 1.807) is 5.56 Å². The molecule has 1 N–H and O–H groups in total. The molecule has 0 radical (unpaired) electrons. The summed E-state index contributed by atoms with van der Waals surface area (Å²) in [5.74, 6) is 0. The van der Waals surface area contributed by atoms with E-state index in [0.29, 0.717) is 6.04 Å². The summed E-state index contributed by atoms with van der Waals surface area (Å²) in [5, 5.41) is 3.52. The van der Waals surface area contributed by atoms with Gasteiger partial charge < -0.3 is 5.32 Å². The summed E-state index contributed by atoms with van der Waals surface area (Å²) in [6.07, 6.45) is 7.04. The lowest BCUT2D eigenvalue weighted by molar-refractivity contribution is 0.239. The summed E-state index contributed by atoms with van der Waals surface area (Å²) >= 11 is 1.97. The summed E-state index contributed by atoms with van der Waals surface area (Å²) in [4.78, 5) is 5.65. The van der Waals surface area contributed by atoms with Crippen LogP contribution in [0, 0.1) is 6.92 Å². The second-order valence-corrected chi connectivity index (χ2v) is 7.71. The fraction of sp³-hybridized carbons (Fsp3) is 0.765. The highest BCUT2D eigenvalue weighted by Gasteiger charge is 2.12. The summed E-state index contributed by atoms with van der Waals surface area (Å²) in [6, 6.07) is 2.99. The molecule has 1 fully saturated rings. The summed E-state index contributed by atoms with van der Waals surface area (Å²) in [6.45, 7) is 11.4. The van der Waals surface area contributed by atoms with Crippen LogP contribution in [0.5, 0.6) is 0 Å². The number of aryl methyl sites for hydroxylation is 1. The lowest BCUT2D eigenvalue weighted by Crippen LogP contribution is -2.26. The molecule has 0 saturated carbocycles. The Morgan fingerprint density at radius 3 is 2.45 bits per heavy atom. The largest absolute Gasteiger partial charge is 0.310 e. The minimum atomic E-state index is 0.565. The maximum Gasteiger partial charge on any atom is 0.0302 e. The predicted octanol–water partition coefficient (Wildman–Crippen LogP) is 4.32. The lowest BCUT2D eigenvalue weighted by atomic mass is 10.1. The zero-order chi connectivity index (χ0) is 14.4. The molecule has 0 unspecified atom stereocenters. The van der Waals surface area contributed by atoms with Gasteiger partial charge >= 0.3 is 0 Å². The van der Waals surface area contributed by atoms with E-state index in [0.717, 1.165) is 13.1 Å². The molecule has 0 aromatic carbocycles. The minimum Gasteiger partial charge on any atom is -0.310 e. The molecule has 0 amide bonds. The lowest BCUT2D eigenvalue weighted by Gasteiger charge is -2.24. The van der Waals surface area contributed by atoms with E-state index in [1.165, 1.54) is 54.9 Å². The first kappa shape index (κ1) is 16.0. The average Bonchev–Trinajstić information content (AvgIpc) is 2.71. The van der Waals surface area contributed by atoms with Crippen molar-refractivity contribution < 1.29 is 0 Å². The van der Waals surface area contributed by atoms with Gasteiger partial charge in [-0.3, -0.25) is 4.90 Å². The van der Waals surface area contributed by atoms with Crippen LogP contribution in [0.4, 0.5) is 0 Å². The molecule has 0 bridgehead atoms. The molecular weight excluding hydrogens is 264 g/mol. The van der Waals surface area contributed by atoms with Gasteiger partial charge in [-0.25, -0.2) is 0 Å². The Kier molecular flexibility index (Phi) is 6.53. The third-order valence-electron chi connectivity index (χ3n) is 4.10. The van der Waals surface area contributed by atoms with Crippen molar-refractivity contribution in [1.29, 1.82) is 0 Å². The van der Waals surface area contributed by atoms with Crippen molar-refractivity contribution in [2.75, 3.05) is 13.1 Å². The van der Waals surface area contributed by atoms with Crippen LogP contribution in [-0.2, 0) is 13.1 Å². The quantitative estimate of drug-likeness (QED) is 0.870. The van der Waals surface area contributed by atoms with Crippen molar-refractivity contribution in [2.24, 2.45) is 0 Å². The highest BCUT2D eigenvalue weighted by molar-refractivity contribution is 7.12. The third-order valence-corrected chi connectivity index (χ3v) is 5.19. The Bertz CT molecular complexity index is 390. The zero-order valence-corrected chi connectivity index (χ0v) is 14.2. The Morgan fingerprint density at radius 1 is 1.15 bits per heavy atom. The van der Waals surface area contributed by atoms with Crippen LogP contribution in [0.25, 0.3) is 0 Å². The molecule has 1 aliphatic rings. The Morgan fingerprint density at radius 2 is 1.80 bits per heavy atom. The maximum absolute atomic E-state index is 3.52. The first-order valence-corrected chi connectivity index (χ1v) is 9.00. The van der Waals surface area contributed by atoms with E-state index in [1.807, 2.05) is 11.3 Å². The molecule has 0 aliphatic carbocycles. The van der Waals surface area contributed by atoms with Crippen LogP contribution < -0.4 is 5.32 Å². The summed E-state index contributed by atoms with van der Waals surface area (Å²) in [7, 11) is 0. The number of rotatable bonds is 5. The van der Waals surface area contributed by atoms with E-state index in [9.17, 15) is 0 Å². The van der Waals surface area contributed by atoms with E-state index in [4.69, 9.17) is 0 Å². The van der Waals surface area contributed by atoms with Crippen LogP contribution in [0.2, 0.25) is 0 Å². The number of hydrogen-bond acceptors (Lipinski definition) is 3. The van der Waals surface area contributed by atoms with E-state index in [2.05, 4.69) is 37.1 Å². The second-order valence-electron chi connectivity index (χ2n) is 6.37. The van der Waals surface area contributed by atoms with Crippen LogP contribution >= 0.6 is 11.3 Å².